The predicted molar refractivity (Wildman–Crippen MR) is 171 cm³/mol. The monoisotopic (exact) mass is 609 g/mol. The maximum Gasteiger partial charge on any atom is 0.254 e. The van der Waals surface area contributed by atoms with Gasteiger partial charge in [0.25, 0.3) is 5.91 Å². The third kappa shape index (κ3) is 5.60. The lowest BCUT2D eigenvalue weighted by atomic mass is 9.71. The molecule has 1 amide bonds. The van der Waals surface area contributed by atoms with Crippen LogP contribution in [0.25, 0.3) is 11.1 Å². The van der Waals surface area contributed by atoms with E-state index >= 15 is 0 Å². The van der Waals surface area contributed by atoms with Gasteiger partial charge in [-0.2, -0.15) is 4.31 Å². The molecule has 0 aromatic heterocycles. The highest BCUT2D eigenvalue weighted by Gasteiger charge is 2.55. The van der Waals surface area contributed by atoms with Crippen LogP contribution in [0.5, 0.6) is 0 Å². The van der Waals surface area contributed by atoms with Gasteiger partial charge in [-0.1, -0.05) is 61.8 Å². The van der Waals surface area contributed by atoms with Crippen LogP contribution >= 0.6 is 11.6 Å². The Hall–Kier alpha value is -3.20. The first kappa shape index (κ1) is 31.7. The van der Waals surface area contributed by atoms with E-state index in [9.17, 15) is 18.0 Å². The van der Waals surface area contributed by atoms with Crippen molar-refractivity contribution >= 4 is 45.2 Å². The van der Waals surface area contributed by atoms with Crippen LogP contribution in [-0.2, 0) is 20.2 Å². The fourth-order valence-corrected chi connectivity index (χ4v) is 8.01. The van der Waals surface area contributed by atoms with Crippen LogP contribution in [0.2, 0.25) is 5.02 Å². The van der Waals surface area contributed by atoms with Crippen molar-refractivity contribution in [3.63, 3.8) is 0 Å². The van der Waals surface area contributed by atoms with Crippen molar-refractivity contribution in [2.24, 2.45) is 5.92 Å². The number of hydrogen-bond acceptors (Lipinski definition) is 5. The van der Waals surface area contributed by atoms with Gasteiger partial charge in [0.05, 0.1) is 21.3 Å². The third-order valence-electron chi connectivity index (χ3n) is 8.29. The van der Waals surface area contributed by atoms with Crippen molar-refractivity contribution in [2.75, 3.05) is 32.6 Å². The Morgan fingerprint density at radius 3 is 2.24 bits per heavy atom. The first-order chi connectivity index (χ1) is 19.8. The lowest BCUT2D eigenvalue weighted by Crippen LogP contribution is -2.51. The molecule has 1 aliphatic heterocycles. The Labute approximate surface area is 255 Å². The molecule has 224 valence electrons. The average Bonchev–Trinajstić information content (AvgIpc) is 3.38. The van der Waals surface area contributed by atoms with Gasteiger partial charge in [0.1, 0.15) is 6.29 Å². The molecule has 0 bridgehead atoms. The largest absolute Gasteiger partial charge is 0.345 e. The number of hydrogen-bond donors (Lipinski definition) is 0. The second-order valence-corrected chi connectivity index (χ2v) is 14.7. The molecule has 1 aliphatic rings. The quantitative estimate of drug-likeness (QED) is 0.263. The predicted octanol–water partition coefficient (Wildman–Crippen LogP) is 6.38. The van der Waals surface area contributed by atoms with E-state index in [0.29, 0.717) is 23.6 Å². The number of sulfonamides is 1. The van der Waals surface area contributed by atoms with Crippen molar-refractivity contribution in [3.05, 3.63) is 82.9 Å². The lowest BCUT2D eigenvalue weighted by Gasteiger charge is -2.39. The molecule has 0 N–H and O–H groups in total. The average molecular weight is 610 g/mol. The van der Waals surface area contributed by atoms with Gasteiger partial charge < -0.3 is 14.6 Å². The van der Waals surface area contributed by atoms with Gasteiger partial charge in [-0.05, 0) is 73.2 Å². The molecule has 9 heteroatoms. The standard InChI is InChI=1S/C33H40ClN3O4S/c1-22(2)31-33(21-38,17-18-37(31)42(40,41)23(3)4)28-13-8-9-14-30(28)36(7)26-12-10-11-24(19-26)25-15-16-27(29(34)20-25)32(39)35(5)6/h8-16,19-23,31H,17-18H2,1-7H3/t31?,33-/m0/s1. The van der Waals surface area contributed by atoms with Crippen LogP contribution in [0.15, 0.2) is 66.7 Å². The Bertz CT molecular complexity index is 1590. The van der Waals surface area contributed by atoms with E-state index in [1.165, 1.54) is 4.90 Å². The van der Waals surface area contributed by atoms with Crippen LogP contribution in [0.3, 0.4) is 0 Å². The van der Waals surface area contributed by atoms with E-state index in [2.05, 4.69) is 0 Å². The van der Waals surface area contributed by atoms with E-state index in [0.717, 1.165) is 34.4 Å². The second kappa shape index (κ2) is 12.2. The van der Waals surface area contributed by atoms with Gasteiger partial charge in [0, 0.05) is 45.1 Å². The van der Waals surface area contributed by atoms with E-state index in [1.807, 2.05) is 80.4 Å². The van der Waals surface area contributed by atoms with E-state index in [4.69, 9.17) is 11.6 Å². The fourth-order valence-electron chi connectivity index (χ4n) is 6.11. The molecule has 7 nitrogen and oxygen atoms in total. The zero-order valence-electron chi connectivity index (χ0n) is 25.3. The highest BCUT2D eigenvalue weighted by atomic mass is 35.5. The number of anilines is 2. The number of carbonyl (C=O) groups is 2. The molecule has 3 aromatic rings. The summed E-state index contributed by atoms with van der Waals surface area (Å²) in [6, 6.07) is 20.6. The van der Waals surface area contributed by atoms with Crippen LogP contribution in [0.4, 0.5) is 11.4 Å². The highest BCUT2D eigenvalue weighted by molar-refractivity contribution is 7.89. The van der Waals surface area contributed by atoms with Crippen molar-refractivity contribution in [3.8, 4) is 11.1 Å². The maximum atomic E-state index is 13.4. The van der Waals surface area contributed by atoms with Crippen LogP contribution in [-0.4, -0.2) is 68.8 Å². The third-order valence-corrected chi connectivity index (χ3v) is 10.9. The summed E-state index contributed by atoms with van der Waals surface area (Å²) in [4.78, 5) is 29.1. The lowest BCUT2D eigenvalue weighted by molar-refractivity contribution is -0.113. The Morgan fingerprint density at radius 1 is 0.976 bits per heavy atom. The normalized spacial score (nSPS) is 19.3. The van der Waals surface area contributed by atoms with Gasteiger partial charge in [-0.15, -0.1) is 0 Å². The summed E-state index contributed by atoms with van der Waals surface area (Å²) in [7, 11) is 1.75. The molecular weight excluding hydrogens is 570 g/mol. The van der Waals surface area contributed by atoms with Crippen LogP contribution < -0.4 is 4.90 Å². The molecule has 0 saturated carbocycles. The summed E-state index contributed by atoms with van der Waals surface area (Å²) < 4.78 is 28.3. The second-order valence-electron chi connectivity index (χ2n) is 11.8. The number of nitrogens with zero attached hydrogens (tertiary/aromatic N) is 3. The van der Waals surface area contributed by atoms with Crippen molar-refractivity contribution in [2.45, 2.75) is 50.8 Å². The van der Waals surface area contributed by atoms with Gasteiger partial charge >= 0.3 is 0 Å². The van der Waals surface area contributed by atoms with E-state index in [1.54, 1.807) is 44.4 Å². The van der Waals surface area contributed by atoms with Gasteiger partial charge in [-0.25, -0.2) is 8.42 Å². The zero-order valence-corrected chi connectivity index (χ0v) is 26.9. The number of benzene rings is 3. The summed E-state index contributed by atoms with van der Waals surface area (Å²) in [5, 5.41) is -0.199. The summed E-state index contributed by atoms with van der Waals surface area (Å²) in [5.74, 6) is -0.243. The minimum atomic E-state index is -3.57. The molecule has 1 unspecified atom stereocenters. The Kier molecular flexibility index (Phi) is 9.21. The molecular formula is C33H40ClN3O4S. The van der Waals surface area contributed by atoms with E-state index in [-0.39, 0.29) is 11.8 Å². The number of halogens is 1. The minimum Gasteiger partial charge on any atom is -0.345 e. The van der Waals surface area contributed by atoms with Crippen molar-refractivity contribution in [1.82, 2.24) is 9.21 Å². The molecule has 0 radical (unpaired) electrons. The Morgan fingerprint density at radius 2 is 1.64 bits per heavy atom. The summed E-state index contributed by atoms with van der Waals surface area (Å²) >= 11 is 6.51. The number of rotatable bonds is 9. The Balaban J connectivity index is 1.77. The SMILES string of the molecule is CC(C)C1N(S(=O)(=O)C(C)C)CC[C@]1(C=O)c1ccccc1N(C)c1cccc(-c2ccc(C(=O)N(C)C)c(Cl)c2)c1. The zero-order chi connectivity index (χ0) is 31.0. The molecule has 0 aliphatic carbocycles. The smallest absolute Gasteiger partial charge is 0.254 e. The van der Waals surface area contributed by atoms with Crippen molar-refractivity contribution < 1.29 is 18.0 Å². The molecule has 1 saturated heterocycles. The maximum absolute atomic E-state index is 13.4. The van der Waals surface area contributed by atoms with Crippen molar-refractivity contribution in [1.29, 1.82) is 0 Å². The highest BCUT2D eigenvalue weighted by Crippen LogP contribution is 2.47. The topological polar surface area (TPSA) is 78.0 Å². The van der Waals surface area contributed by atoms with Gasteiger partial charge in [0.15, 0.2) is 0 Å². The molecule has 42 heavy (non-hydrogen) atoms. The summed E-state index contributed by atoms with van der Waals surface area (Å²) in [6.07, 6.45) is 1.38. The number of para-hydroxylation sites is 1. The van der Waals surface area contributed by atoms with Gasteiger partial charge in [-0.3, -0.25) is 4.79 Å². The number of carbonyl (C=O) groups excluding carboxylic acids is 2. The van der Waals surface area contributed by atoms with Crippen LogP contribution in [0.1, 0.15) is 50.0 Å². The first-order valence-electron chi connectivity index (χ1n) is 14.2. The molecule has 2 atom stereocenters. The molecule has 4 rings (SSSR count). The first-order valence-corrected chi connectivity index (χ1v) is 16.1. The number of aldehydes is 1. The number of amides is 1. The minimum absolute atomic E-state index is 0.0833. The summed E-state index contributed by atoms with van der Waals surface area (Å²) in [6.45, 7) is 7.62. The molecule has 3 aromatic carbocycles. The fraction of sp³-hybridized carbons (Fsp3) is 0.394. The molecule has 1 fully saturated rings. The van der Waals surface area contributed by atoms with Gasteiger partial charge in [0.2, 0.25) is 10.0 Å². The van der Waals surface area contributed by atoms with E-state index < -0.39 is 26.7 Å². The molecule has 0 spiro atoms. The van der Waals surface area contributed by atoms with Crippen LogP contribution in [0, 0.1) is 5.92 Å². The molecule has 1 heterocycles. The summed E-state index contributed by atoms with van der Waals surface area (Å²) in [5.41, 5.74) is 3.76.